The monoisotopic (exact) mass is 369 g/mol. The minimum absolute atomic E-state index is 0.0549. The summed E-state index contributed by atoms with van der Waals surface area (Å²) in [7, 11) is 0. The van der Waals surface area contributed by atoms with Gasteiger partial charge in [-0.2, -0.15) is 5.26 Å². The first kappa shape index (κ1) is 17.8. The summed E-state index contributed by atoms with van der Waals surface area (Å²) < 4.78 is 0. The van der Waals surface area contributed by atoms with Crippen LogP contribution in [0, 0.1) is 32.1 Å². The largest absolute Gasteiger partial charge is 0.310 e. The van der Waals surface area contributed by atoms with Gasteiger partial charge in [-0.15, -0.1) is 11.8 Å². The molecule has 1 aliphatic heterocycles. The molecule has 3 rings (SSSR count). The van der Waals surface area contributed by atoms with Gasteiger partial charge in [-0.05, 0) is 44.0 Å². The number of amides is 1. The van der Waals surface area contributed by atoms with Crippen molar-refractivity contribution in [3.63, 3.8) is 0 Å². The van der Waals surface area contributed by atoms with Crippen LogP contribution >= 0.6 is 23.5 Å². The highest BCUT2D eigenvalue weighted by Crippen LogP contribution is 2.35. The molecule has 6 heteroatoms. The zero-order chi connectivity index (χ0) is 18.0. The number of benzene rings is 1. The lowest BCUT2D eigenvalue weighted by atomic mass is 10.1. The van der Waals surface area contributed by atoms with Gasteiger partial charge in [0, 0.05) is 22.9 Å². The van der Waals surface area contributed by atoms with Crippen LogP contribution in [0.3, 0.4) is 0 Å². The standard InChI is InChI=1S/C19H19N3OS2/c1-12-13(2)15(10-20)19(21-14(12)3)25-11-18(23)22-8-9-24-17-7-5-4-6-16(17)22/h4-7H,8-9,11H2,1-3H3. The van der Waals surface area contributed by atoms with Crippen LogP contribution in [0.15, 0.2) is 34.2 Å². The molecule has 0 N–H and O–H groups in total. The van der Waals surface area contributed by atoms with Crippen LogP contribution < -0.4 is 4.90 Å². The van der Waals surface area contributed by atoms with Gasteiger partial charge in [0.15, 0.2) is 0 Å². The second-order valence-corrected chi connectivity index (χ2v) is 7.99. The van der Waals surface area contributed by atoms with E-state index in [1.54, 1.807) is 11.8 Å². The zero-order valence-corrected chi connectivity index (χ0v) is 16.1. The Morgan fingerprint density at radius 2 is 2.08 bits per heavy atom. The van der Waals surface area contributed by atoms with E-state index in [4.69, 9.17) is 0 Å². The van der Waals surface area contributed by atoms with Crippen molar-refractivity contribution in [2.45, 2.75) is 30.7 Å². The highest BCUT2D eigenvalue weighted by molar-refractivity contribution is 8.00. The Hall–Kier alpha value is -1.97. The molecule has 128 valence electrons. The molecule has 0 spiro atoms. The molecule has 0 fully saturated rings. The maximum absolute atomic E-state index is 12.8. The summed E-state index contributed by atoms with van der Waals surface area (Å²) in [5.74, 6) is 1.24. The molecule has 4 nitrogen and oxygen atoms in total. The lowest BCUT2D eigenvalue weighted by Gasteiger charge is -2.28. The van der Waals surface area contributed by atoms with E-state index >= 15 is 0 Å². The molecule has 1 aromatic heterocycles. The average Bonchev–Trinajstić information content (AvgIpc) is 2.63. The fraction of sp³-hybridized carbons (Fsp3) is 0.316. The van der Waals surface area contributed by atoms with Crippen molar-refractivity contribution < 1.29 is 4.79 Å². The van der Waals surface area contributed by atoms with Crippen molar-refractivity contribution in [1.82, 2.24) is 4.98 Å². The molecule has 0 saturated heterocycles. The van der Waals surface area contributed by atoms with Gasteiger partial charge in [-0.1, -0.05) is 23.9 Å². The number of hydrogen-bond acceptors (Lipinski definition) is 5. The Kier molecular flexibility index (Phi) is 5.36. The Morgan fingerprint density at radius 1 is 1.32 bits per heavy atom. The topological polar surface area (TPSA) is 57.0 Å². The molecular formula is C19H19N3OS2. The van der Waals surface area contributed by atoms with Crippen molar-refractivity contribution in [2.24, 2.45) is 0 Å². The van der Waals surface area contributed by atoms with E-state index in [1.165, 1.54) is 11.8 Å². The molecule has 0 radical (unpaired) electrons. The van der Waals surface area contributed by atoms with Crippen molar-refractivity contribution in [3.8, 4) is 6.07 Å². The van der Waals surface area contributed by atoms with E-state index in [0.29, 0.717) is 17.1 Å². The van der Waals surface area contributed by atoms with Gasteiger partial charge in [-0.25, -0.2) is 4.98 Å². The fourth-order valence-electron chi connectivity index (χ4n) is 2.78. The van der Waals surface area contributed by atoms with Crippen molar-refractivity contribution in [1.29, 1.82) is 5.26 Å². The molecule has 1 aromatic carbocycles. The maximum atomic E-state index is 12.8. The number of carbonyl (C=O) groups excluding carboxylic acids is 1. The first-order valence-electron chi connectivity index (χ1n) is 8.05. The van der Waals surface area contributed by atoms with Crippen molar-refractivity contribution in [2.75, 3.05) is 23.0 Å². The number of rotatable bonds is 3. The third-order valence-electron chi connectivity index (χ3n) is 4.44. The van der Waals surface area contributed by atoms with E-state index in [0.717, 1.165) is 33.2 Å². The van der Waals surface area contributed by atoms with Crippen LogP contribution in [0.2, 0.25) is 0 Å². The minimum atomic E-state index is 0.0549. The Labute approximate surface area is 156 Å². The van der Waals surface area contributed by atoms with Crippen LogP contribution in [0.5, 0.6) is 0 Å². The number of aryl methyl sites for hydroxylation is 1. The van der Waals surface area contributed by atoms with Gasteiger partial charge in [0.2, 0.25) is 5.91 Å². The lowest BCUT2D eigenvalue weighted by Crippen LogP contribution is -2.36. The Balaban J connectivity index is 1.80. The lowest BCUT2D eigenvalue weighted by molar-refractivity contribution is -0.116. The molecule has 2 heterocycles. The normalized spacial score (nSPS) is 13.3. The summed E-state index contributed by atoms with van der Waals surface area (Å²) in [4.78, 5) is 20.3. The first-order chi connectivity index (χ1) is 12.0. The molecule has 0 aliphatic carbocycles. The second kappa shape index (κ2) is 7.51. The molecule has 1 amide bonds. The predicted molar refractivity (Wildman–Crippen MR) is 103 cm³/mol. The number of hydrogen-bond donors (Lipinski definition) is 0. The Morgan fingerprint density at radius 3 is 2.84 bits per heavy atom. The molecule has 2 aromatic rings. The van der Waals surface area contributed by atoms with Crippen molar-refractivity contribution >= 4 is 35.1 Å². The number of aromatic nitrogens is 1. The number of thioether (sulfide) groups is 2. The van der Waals surface area contributed by atoms with Gasteiger partial charge in [0.05, 0.1) is 17.0 Å². The second-order valence-electron chi connectivity index (χ2n) is 5.89. The summed E-state index contributed by atoms with van der Waals surface area (Å²) in [5.41, 5.74) is 4.45. The van der Waals surface area contributed by atoms with Gasteiger partial charge >= 0.3 is 0 Å². The van der Waals surface area contributed by atoms with Gasteiger partial charge in [0.1, 0.15) is 11.1 Å². The third kappa shape index (κ3) is 3.53. The minimum Gasteiger partial charge on any atom is -0.310 e. The van der Waals surface area contributed by atoms with E-state index < -0.39 is 0 Å². The predicted octanol–water partition coefficient (Wildman–Crippen LogP) is 4.11. The van der Waals surface area contributed by atoms with Gasteiger partial charge in [0.25, 0.3) is 0 Å². The van der Waals surface area contributed by atoms with Gasteiger partial charge in [-0.3, -0.25) is 4.79 Å². The van der Waals surface area contributed by atoms with E-state index in [1.807, 2.05) is 43.9 Å². The maximum Gasteiger partial charge on any atom is 0.237 e. The number of carbonyl (C=O) groups is 1. The molecule has 1 aliphatic rings. The number of para-hydroxylation sites is 1. The molecule has 0 unspecified atom stereocenters. The summed E-state index contributed by atoms with van der Waals surface area (Å²) in [6.07, 6.45) is 0. The SMILES string of the molecule is Cc1nc(SCC(=O)N2CCSc3ccccc32)c(C#N)c(C)c1C. The van der Waals surface area contributed by atoms with E-state index in [2.05, 4.69) is 17.1 Å². The quantitative estimate of drug-likeness (QED) is 0.762. The van der Waals surface area contributed by atoms with Gasteiger partial charge < -0.3 is 4.90 Å². The fourth-order valence-corrected chi connectivity index (χ4v) is 4.74. The van der Waals surface area contributed by atoms with Crippen molar-refractivity contribution in [3.05, 3.63) is 46.6 Å². The summed E-state index contributed by atoms with van der Waals surface area (Å²) in [6, 6.07) is 10.2. The van der Waals surface area contributed by atoms with Crippen LogP contribution in [0.4, 0.5) is 5.69 Å². The molecule has 0 atom stereocenters. The molecule has 0 saturated carbocycles. The van der Waals surface area contributed by atoms with Crippen LogP contribution in [0.25, 0.3) is 0 Å². The summed E-state index contributed by atoms with van der Waals surface area (Å²) in [6.45, 7) is 6.56. The smallest absolute Gasteiger partial charge is 0.237 e. The number of nitriles is 1. The highest BCUT2D eigenvalue weighted by atomic mass is 32.2. The van der Waals surface area contributed by atoms with Crippen LogP contribution in [-0.2, 0) is 4.79 Å². The summed E-state index contributed by atoms with van der Waals surface area (Å²) >= 11 is 3.13. The van der Waals surface area contributed by atoms with Crippen LogP contribution in [0.1, 0.15) is 22.4 Å². The molecular weight excluding hydrogens is 350 g/mol. The number of fused-ring (bicyclic) bond motifs is 1. The highest BCUT2D eigenvalue weighted by Gasteiger charge is 2.23. The number of anilines is 1. The average molecular weight is 370 g/mol. The van der Waals surface area contributed by atoms with E-state index in [9.17, 15) is 10.1 Å². The Bertz CT molecular complexity index is 874. The van der Waals surface area contributed by atoms with E-state index in [-0.39, 0.29) is 11.7 Å². The molecule has 0 bridgehead atoms. The molecule has 25 heavy (non-hydrogen) atoms. The first-order valence-corrected chi connectivity index (χ1v) is 10.0. The third-order valence-corrected chi connectivity index (χ3v) is 6.44. The number of nitrogens with zero attached hydrogens (tertiary/aromatic N) is 3. The number of pyridine rings is 1. The summed E-state index contributed by atoms with van der Waals surface area (Å²) in [5, 5.41) is 10.1. The zero-order valence-electron chi connectivity index (χ0n) is 14.5. The van der Waals surface area contributed by atoms with Crippen LogP contribution in [-0.4, -0.2) is 28.9 Å².